The van der Waals surface area contributed by atoms with Crippen LogP contribution in [-0.4, -0.2) is 37.3 Å². The zero-order valence-corrected chi connectivity index (χ0v) is 13.4. The largest absolute Gasteiger partial charge is 0.417 e. The summed E-state index contributed by atoms with van der Waals surface area (Å²) < 4.78 is 6.11. The molecule has 0 bridgehead atoms. The Hall–Kier alpha value is -0.163. The lowest BCUT2D eigenvalue weighted by Gasteiger charge is -2.36. The van der Waals surface area contributed by atoms with Crippen LogP contribution in [0.25, 0.3) is 0 Å². The number of rotatable bonds is 4. The minimum atomic E-state index is -1.66. The highest BCUT2D eigenvalue weighted by atomic mass is 28.4. The first-order chi connectivity index (χ1) is 8.13. The highest BCUT2D eigenvalue weighted by Crippen LogP contribution is 2.36. The quantitative estimate of drug-likeness (QED) is 0.611. The van der Waals surface area contributed by atoms with Crippen molar-refractivity contribution in [2.45, 2.75) is 70.4 Å². The first-order valence-electron chi connectivity index (χ1n) is 6.83. The molecule has 1 rings (SSSR count). The monoisotopic (exact) mass is 272 g/mol. The molecule has 1 aliphatic rings. The van der Waals surface area contributed by atoms with E-state index in [2.05, 4.69) is 33.9 Å². The van der Waals surface area contributed by atoms with Crippen LogP contribution < -0.4 is 0 Å². The summed E-state index contributed by atoms with van der Waals surface area (Å²) >= 11 is 0. The maximum Gasteiger partial charge on any atom is 0.191 e. The summed E-state index contributed by atoms with van der Waals surface area (Å²) in [5.74, 6) is 0. The van der Waals surface area contributed by atoms with E-state index in [0.29, 0.717) is 6.42 Å². The molecule has 0 fully saturated rings. The molecule has 0 aromatic rings. The van der Waals surface area contributed by atoms with E-state index in [4.69, 9.17) is 4.43 Å². The van der Waals surface area contributed by atoms with Gasteiger partial charge in [-0.1, -0.05) is 32.4 Å². The van der Waals surface area contributed by atoms with Crippen LogP contribution in [0.5, 0.6) is 0 Å². The minimum absolute atomic E-state index is 0.240. The molecule has 0 aliphatic heterocycles. The average molecular weight is 272 g/mol. The molecule has 0 aromatic carbocycles. The number of aliphatic hydroxyl groups is 2. The molecule has 0 radical (unpaired) electrons. The molecule has 0 spiro atoms. The highest BCUT2D eigenvalue weighted by Gasteiger charge is 2.36. The molecule has 1 aliphatic carbocycles. The second kappa shape index (κ2) is 5.86. The standard InChI is InChI=1S/C14H28O3Si/c1-14(2,3)18(4,5)17-9-8-11-6-7-12(15)13(16)10-11/h10,12-13,15-16H,6-9H2,1-5H3. The maximum absolute atomic E-state index is 9.58. The van der Waals surface area contributed by atoms with Gasteiger partial charge in [0.05, 0.1) is 12.2 Å². The molecule has 0 amide bonds. The normalized spacial score (nSPS) is 26.1. The molecule has 3 nitrogen and oxygen atoms in total. The number of hydrogen-bond acceptors (Lipinski definition) is 3. The van der Waals surface area contributed by atoms with Gasteiger partial charge in [-0.25, -0.2) is 0 Å². The summed E-state index contributed by atoms with van der Waals surface area (Å²) in [5.41, 5.74) is 1.21. The van der Waals surface area contributed by atoms with Crippen LogP contribution in [0.4, 0.5) is 0 Å². The lowest BCUT2D eigenvalue weighted by molar-refractivity contribution is 0.0365. The summed E-state index contributed by atoms with van der Waals surface area (Å²) in [6.45, 7) is 11.9. The van der Waals surface area contributed by atoms with E-state index in [0.717, 1.165) is 19.4 Å². The van der Waals surface area contributed by atoms with Gasteiger partial charge in [0.25, 0.3) is 0 Å². The van der Waals surface area contributed by atoms with Gasteiger partial charge in [0.2, 0.25) is 0 Å². The Kier molecular flexibility index (Phi) is 5.18. The van der Waals surface area contributed by atoms with Crippen LogP contribution in [0.1, 0.15) is 40.0 Å². The van der Waals surface area contributed by atoms with Gasteiger partial charge in [0, 0.05) is 6.61 Å². The Labute approximate surface area is 112 Å². The van der Waals surface area contributed by atoms with Gasteiger partial charge >= 0.3 is 0 Å². The van der Waals surface area contributed by atoms with Gasteiger partial charge in [-0.2, -0.15) is 0 Å². The second-order valence-electron chi connectivity index (χ2n) is 6.78. The molecule has 0 saturated heterocycles. The SMILES string of the molecule is CC(C)(C)[Si](C)(C)OCCC1=CC(O)C(O)CC1. The Balaban J connectivity index is 2.41. The topological polar surface area (TPSA) is 49.7 Å². The van der Waals surface area contributed by atoms with E-state index >= 15 is 0 Å². The van der Waals surface area contributed by atoms with E-state index in [1.807, 2.05) is 0 Å². The molecule has 18 heavy (non-hydrogen) atoms. The van der Waals surface area contributed by atoms with Crippen molar-refractivity contribution in [3.05, 3.63) is 11.6 Å². The third kappa shape index (κ3) is 4.19. The predicted octanol–water partition coefficient (Wildman–Crippen LogP) is 2.84. The van der Waals surface area contributed by atoms with Gasteiger partial charge in [0.15, 0.2) is 8.32 Å². The van der Waals surface area contributed by atoms with Crippen molar-refractivity contribution in [3.63, 3.8) is 0 Å². The van der Waals surface area contributed by atoms with Crippen molar-refractivity contribution < 1.29 is 14.6 Å². The zero-order valence-electron chi connectivity index (χ0n) is 12.4. The molecule has 0 saturated carbocycles. The summed E-state index contributed by atoms with van der Waals surface area (Å²) in [4.78, 5) is 0. The smallest absolute Gasteiger partial charge is 0.191 e. The molecule has 0 heterocycles. The van der Waals surface area contributed by atoms with Crippen molar-refractivity contribution >= 4 is 8.32 Å². The first kappa shape index (κ1) is 15.9. The summed E-state index contributed by atoms with van der Waals surface area (Å²) in [6.07, 6.45) is 2.92. The molecule has 2 unspecified atom stereocenters. The number of hydrogen-bond donors (Lipinski definition) is 2. The van der Waals surface area contributed by atoms with Crippen molar-refractivity contribution in [2.75, 3.05) is 6.61 Å². The molecular formula is C14H28O3Si. The van der Waals surface area contributed by atoms with E-state index in [1.165, 1.54) is 5.57 Å². The Morgan fingerprint density at radius 2 is 1.94 bits per heavy atom. The van der Waals surface area contributed by atoms with Crippen LogP contribution in [0.2, 0.25) is 18.1 Å². The van der Waals surface area contributed by atoms with Crippen LogP contribution in [0.15, 0.2) is 11.6 Å². The van der Waals surface area contributed by atoms with Crippen LogP contribution in [0.3, 0.4) is 0 Å². The van der Waals surface area contributed by atoms with Gasteiger partial charge < -0.3 is 14.6 Å². The summed E-state index contributed by atoms with van der Waals surface area (Å²) in [7, 11) is -1.66. The fourth-order valence-corrected chi connectivity index (χ4v) is 2.85. The van der Waals surface area contributed by atoms with Crippen LogP contribution in [-0.2, 0) is 4.43 Å². The van der Waals surface area contributed by atoms with Crippen molar-refractivity contribution in [1.82, 2.24) is 0 Å². The predicted molar refractivity (Wildman–Crippen MR) is 77.1 cm³/mol. The fraction of sp³-hybridized carbons (Fsp3) is 0.857. The van der Waals surface area contributed by atoms with Gasteiger partial charge in [-0.05, 0) is 37.4 Å². The summed E-state index contributed by atoms with van der Waals surface area (Å²) in [6, 6.07) is 0. The second-order valence-corrected chi connectivity index (χ2v) is 11.6. The lowest BCUT2D eigenvalue weighted by Crippen LogP contribution is -2.41. The fourth-order valence-electron chi connectivity index (χ4n) is 1.80. The molecule has 0 aromatic heterocycles. The highest BCUT2D eigenvalue weighted by molar-refractivity contribution is 6.74. The molecular weight excluding hydrogens is 244 g/mol. The Bertz CT molecular complexity index is 305. The molecule has 2 atom stereocenters. The number of aliphatic hydroxyl groups excluding tert-OH is 2. The van der Waals surface area contributed by atoms with E-state index in [-0.39, 0.29) is 5.04 Å². The van der Waals surface area contributed by atoms with Gasteiger partial charge in [-0.3, -0.25) is 0 Å². The van der Waals surface area contributed by atoms with Crippen LogP contribution in [0, 0.1) is 0 Å². The maximum atomic E-state index is 9.58. The Morgan fingerprint density at radius 3 is 2.44 bits per heavy atom. The van der Waals surface area contributed by atoms with E-state index in [9.17, 15) is 10.2 Å². The average Bonchev–Trinajstić information content (AvgIpc) is 2.21. The molecule has 4 heteroatoms. The summed E-state index contributed by atoms with van der Waals surface area (Å²) in [5, 5.41) is 19.3. The molecule has 106 valence electrons. The van der Waals surface area contributed by atoms with Crippen molar-refractivity contribution in [1.29, 1.82) is 0 Å². The van der Waals surface area contributed by atoms with Crippen molar-refractivity contribution in [2.24, 2.45) is 0 Å². The van der Waals surface area contributed by atoms with E-state index < -0.39 is 20.5 Å². The van der Waals surface area contributed by atoms with E-state index in [1.54, 1.807) is 6.08 Å². The third-order valence-corrected chi connectivity index (χ3v) is 8.79. The van der Waals surface area contributed by atoms with Crippen molar-refractivity contribution in [3.8, 4) is 0 Å². The lowest BCUT2D eigenvalue weighted by atomic mass is 9.93. The van der Waals surface area contributed by atoms with Gasteiger partial charge in [0.1, 0.15) is 0 Å². The van der Waals surface area contributed by atoms with Crippen LogP contribution >= 0.6 is 0 Å². The van der Waals surface area contributed by atoms with Gasteiger partial charge in [-0.15, -0.1) is 0 Å². The molecule has 2 N–H and O–H groups in total. The Morgan fingerprint density at radius 1 is 1.33 bits per heavy atom. The minimum Gasteiger partial charge on any atom is -0.417 e. The zero-order chi connectivity index (χ0) is 14.0. The first-order valence-corrected chi connectivity index (χ1v) is 9.74. The third-order valence-electron chi connectivity index (χ3n) is 4.25.